The van der Waals surface area contributed by atoms with Crippen LogP contribution in [0.5, 0.6) is 5.75 Å². The number of hydrogen-bond acceptors (Lipinski definition) is 7. The fourth-order valence-corrected chi connectivity index (χ4v) is 3.16. The Labute approximate surface area is 165 Å². The predicted molar refractivity (Wildman–Crippen MR) is 108 cm³/mol. The standard InChI is InChI=1S/C20H27N5O3/c1-4-28-20(26)25-11-8-15(9-12-25)22-19-21-10-7-18(24-19)23-16-13-14(2)5-6-17(16)27-3/h5-7,10,13,15H,4,8-9,11-12H2,1-3H3,(H2,21,22,23,24). The lowest BCUT2D eigenvalue weighted by molar-refractivity contribution is 0.0983. The Balaban J connectivity index is 1.60. The topological polar surface area (TPSA) is 88.6 Å². The fourth-order valence-electron chi connectivity index (χ4n) is 3.16. The molecule has 0 radical (unpaired) electrons. The van der Waals surface area contributed by atoms with E-state index < -0.39 is 0 Å². The molecule has 2 heterocycles. The monoisotopic (exact) mass is 385 g/mol. The average Bonchev–Trinajstić information content (AvgIpc) is 2.69. The zero-order valence-electron chi connectivity index (χ0n) is 16.6. The van der Waals surface area contributed by atoms with E-state index in [4.69, 9.17) is 9.47 Å². The zero-order chi connectivity index (χ0) is 19.9. The van der Waals surface area contributed by atoms with Gasteiger partial charge < -0.3 is 25.0 Å². The Morgan fingerprint density at radius 3 is 2.79 bits per heavy atom. The number of aromatic nitrogens is 2. The van der Waals surface area contributed by atoms with E-state index in [1.165, 1.54) is 0 Å². The number of hydrogen-bond donors (Lipinski definition) is 2. The third-order valence-corrected chi connectivity index (χ3v) is 4.63. The van der Waals surface area contributed by atoms with E-state index in [1.807, 2.05) is 38.1 Å². The van der Waals surface area contributed by atoms with E-state index in [0.29, 0.717) is 31.5 Å². The number of rotatable bonds is 6. The summed E-state index contributed by atoms with van der Waals surface area (Å²) in [6, 6.07) is 7.97. The Morgan fingerprint density at radius 2 is 2.07 bits per heavy atom. The molecule has 1 fully saturated rings. The molecule has 1 saturated heterocycles. The molecule has 1 aromatic carbocycles. The minimum atomic E-state index is -0.240. The van der Waals surface area contributed by atoms with Crippen molar-refractivity contribution in [3.63, 3.8) is 0 Å². The third kappa shape index (κ3) is 5.03. The first-order valence-electron chi connectivity index (χ1n) is 9.52. The van der Waals surface area contributed by atoms with Crippen molar-refractivity contribution in [1.29, 1.82) is 0 Å². The number of piperidine rings is 1. The van der Waals surface area contributed by atoms with Gasteiger partial charge in [-0.3, -0.25) is 0 Å². The number of anilines is 3. The molecule has 2 N–H and O–H groups in total. The van der Waals surface area contributed by atoms with E-state index in [-0.39, 0.29) is 12.1 Å². The van der Waals surface area contributed by atoms with Gasteiger partial charge in [0.25, 0.3) is 0 Å². The van der Waals surface area contributed by atoms with Crippen LogP contribution >= 0.6 is 0 Å². The SMILES string of the molecule is CCOC(=O)N1CCC(Nc2nccc(Nc3cc(C)ccc3OC)n2)CC1. The molecule has 0 bridgehead atoms. The molecule has 0 atom stereocenters. The van der Waals surface area contributed by atoms with Crippen molar-refractivity contribution in [1.82, 2.24) is 14.9 Å². The van der Waals surface area contributed by atoms with Gasteiger partial charge in [-0.25, -0.2) is 9.78 Å². The summed E-state index contributed by atoms with van der Waals surface area (Å²) in [5, 5.41) is 6.66. The summed E-state index contributed by atoms with van der Waals surface area (Å²) >= 11 is 0. The number of benzene rings is 1. The smallest absolute Gasteiger partial charge is 0.409 e. The van der Waals surface area contributed by atoms with Crippen molar-refractivity contribution in [3.05, 3.63) is 36.0 Å². The van der Waals surface area contributed by atoms with Crippen LogP contribution < -0.4 is 15.4 Å². The van der Waals surface area contributed by atoms with E-state index >= 15 is 0 Å². The normalized spacial score (nSPS) is 14.5. The number of carbonyl (C=O) groups excluding carboxylic acids is 1. The van der Waals surface area contributed by atoms with E-state index in [0.717, 1.165) is 29.8 Å². The van der Waals surface area contributed by atoms with Crippen LogP contribution in [0.3, 0.4) is 0 Å². The zero-order valence-corrected chi connectivity index (χ0v) is 16.6. The van der Waals surface area contributed by atoms with Crippen LogP contribution in [0.25, 0.3) is 0 Å². The maximum Gasteiger partial charge on any atom is 0.409 e. The van der Waals surface area contributed by atoms with Crippen molar-refractivity contribution in [3.8, 4) is 5.75 Å². The number of nitrogens with zero attached hydrogens (tertiary/aromatic N) is 3. The Kier molecular flexibility index (Phi) is 6.52. The Morgan fingerprint density at radius 1 is 1.29 bits per heavy atom. The number of carbonyl (C=O) groups is 1. The molecular weight excluding hydrogens is 358 g/mol. The van der Waals surface area contributed by atoms with Gasteiger partial charge in [0.15, 0.2) is 0 Å². The van der Waals surface area contributed by atoms with Crippen LogP contribution in [0.15, 0.2) is 30.5 Å². The minimum absolute atomic E-state index is 0.217. The average molecular weight is 385 g/mol. The second-order valence-corrected chi connectivity index (χ2v) is 6.70. The van der Waals surface area contributed by atoms with Crippen molar-refractivity contribution < 1.29 is 14.3 Å². The first-order chi connectivity index (χ1) is 13.6. The number of methoxy groups -OCH3 is 1. The molecular formula is C20H27N5O3. The molecule has 0 spiro atoms. The predicted octanol–water partition coefficient (Wildman–Crippen LogP) is 3.57. The summed E-state index contributed by atoms with van der Waals surface area (Å²) in [6.45, 7) is 5.57. The molecule has 150 valence electrons. The number of amides is 1. The lowest BCUT2D eigenvalue weighted by Crippen LogP contribution is -2.42. The molecule has 3 rings (SSSR count). The number of aryl methyl sites for hydroxylation is 1. The van der Waals surface area contributed by atoms with E-state index in [9.17, 15) is 4.79 Å². The molecule has 28 heavy (non-hydrogen) atoms. The molecule has 2 aromatic rings. The Hall–Kier alpha value is -3.03. The van der Waals surface area contributed by atoms with Crippen molar-refractivity contribution in [2.24, 2.45) is 0 Å². The van der Waals surface area contributed by atoms with Crippen LogP contribution in [-0.2, 0) is 4.74 Å². The summed E-state index contributed by atoms with van der Waals surface area (Å²) in [5.41, 5.74) is 1.99. The van der Waals surface area contributed by atoms with Crippen molar-refractivity contribution >= 4 is 23.5 Å². The summed E-state index contributed by atoms with van der Waals surface area (Å²) in [6.07, 6.45) is 3.13. The number of likely N-dealkylation sites (tertiary alicyclic amines) is 1. The molecule has 0 aliphatic carbocycles. The quantitative estimate of drug-likeness (QED) is 0.786. The third-order valence-electron chi connectivity index (χ3n) is 4.63. The van der Waals surface area contributed by atoms with Gasteiger partial charge in [0, 0.05) is 25.3 Å². The second-order valence-electron chi connectivity index (χ2n) is 6.70. The Bertz CT molecular complexity index is 806. The summed E-state index contributed by atoms with van der Waals surface area (Å²) < 4.78 is 10.5. The molecule has 0 unspecified atom stereocenters. The molecule has 1 aliphatic heterocycles. The number of ether oxygens (including phenoxy) is 2. The van der Waals surface area contributed by atoms with Crippen molar-refractivity contribution in [2.45, 2.75) is 32.7 Å². The molecule has 1 amide bonds. The molecule has 8 nitrogen and oxygen atoms in total. The highest BCUT2D eigenvalue weighted by Crippen LogP contribution is 2.28. The summed E-state index contributed by atoms with van der Waals surface area (Å²) in [7, 11) is 1.64. The van der Waals surface area contributed by atoms with E-state index in [1.54, 1.807) is 18.2 Å². The van der Waals surface area contributed by atoms with Crippen LogP contribution in [0.2, 0.25) is 0 Å². The lowest BCUT2D eigenvalue weighted by Gasteiger charge is -2.31. The fraction of sp³-hybridized carbons (Fsp3) is 0.450. The van der Waals surface area contributed by atoms with Gasteiger partial charge in [0.1, 0.15) is 11.6 Å². The van der Waals surface area contributed by atoms with E-state index in [2.05, 4.69) is 20.6 Å². The highest BCUT2D eigenvalue weighted by atomic mass is 16.6. The van der Waals surface area contributed by atoms with Gasteiger partial charge >= 0.3 is 6.09 Å². The van der Waals surface area contributed by atoms with Crippen LogP contribution in [0.4, 0.5) is 22.2 Å². The van der Waals surface area contributed by atoms with Gasteiger partial charge in [0.2, 0.25) is 5.95 Å². The van der Waals surface area contributed by atoms with Gasteiger partial charge in [-0.05, 0) is 50.5 Å². The minimum Gasteiger partial charge on any atom is -0.495 e. The second kappa shape index (κ2) is 9.25. The first kappa shape index (κ1) is 19.7. The molecule has 8 heteroatoms. The maximum atomic E-state index is 11.8. The molecule has 1 aromatic heterocycles. The first-order valence-corrected chi connectivity index (χ1v) is 9.52. The summed E-state index contributed by atoms with van der Waals surface area (Å²) in [5.74, 6) is 2.00. The maximum absolute atomic E-state index is 11.8. The highest BCUT2D eigenvalue weighted by molar-refractivity contribution is 5.67. The molecule has 1 aliphatic rings. The van der Waals surface area contributed by atoms with Gasteiger partial charge in [-0.1, -0.05) is 6.07 Å². The largest absolute Gasteiger partial charge is 0.495 e. The van der Waals surface area contributed by atoms with Gasteiger partial charge in [0.05, 0.1) is 19.4 Å². The van der Waals surface area contributed by atoms with Crippen LogP contribution in [0, 0.1) is 6.92 Å². The highest BCUT2D eigenvalue weighted by Gasteiger charge is 2.23. The number of nitrogens with one attached hydrogen (secondary N) is 2. The van der Waals surface area contributed by atoms with Gasteiger partial charge in [-0.2, -0.15) is 4.98 Å². The lowest BCUT2D eigenvalue weighted by atomic mass is 10.1. The summed E-state index contributed by atoms with van der Waals surface area (Å²) in [4.78, 5) is 22.4. The van der Waals surface area contributed by atoms with Gasteiger partial charge in [-0.15, -0.1) is 0 Å². The van der Waals surface area contributed by atoms with Crippen molar-refractivity contribution in [2.75, 3.05) is 37.4 Å². The molecule has 0 saturated carbocycles. The van der Waals surface area contributed by atoms with Crippen LogP contribution in [0.1, 0.15) is 25.3 Å². The van der Waals surface area contributed by atoms with Crippen LogP contribution in [-0.4, -0.2) is 53.8 Å².